The molecule has 7 heteroatoms. The van der Waals surface area contributed by atoms with Gasteiger partial charge >= 0.3 is 0 Å². The second kappa shape index (κ2) is 8.10. The van der Waals surface area contributed by atoms with Gasteiger partial charge in [0.25, 0.3) is 0 Å². The number of nitrogens with zero attached hydrogens (tertiary/aromatic N) is 2. The standard InChI is InChI=1S/C11H10BrFN2.C5H7FO2/c1-7-11(13)8(2)15(14-7)10-5-3-4-9(12)6-10;1-3(7)5(6)4(2)8/h3-6H,1-2H3;5H,1-2H3. The molecule has 23 heavy (non-hydrogen) atoms. The first-order chi connectivity index (χ1) is 10.6. The Hall–Kier alpha value is -1.89. The fourth-order valence-electron chi connectivity index (χ4n) is 1.77. The first kappa shape index (κ1) is 19.2. The van der Waals surface area contributed by atoms with Crippen LogP contribution < -0.4 is 0 Å². The topological polar surface area (TPSA) is 52.0 Å². The number of halogens is 3. The van der Waals surface area contributed by atoms with E-state index in [-0.39, 0.29) is 5.82 Å². The van der Waals surface area contributed by atoms with Gasteiger partial charge in [0, 0.05) is 4.47 Å². The molecule has 0 aliphatic rings. The molecule has 1 heterocycles. The van der Waals surface area contributed by atoms with Crippen LogP contribution in [0.1, 0.15) is 25.2 Å². The van der Waals surface area contributed by atoms with E-state index in [2.05, 4.69) is 21.0 Å². The number of carbonyl (C=O) groups excluding carboxylic acids is 2. The van der Waals surface area contributed by atoms with E-state index >= 15 is 0 Å². The molecule has 1 aromatic heterocycles. The van der Waals surface area contributed by atoms with Gasteiger partial charge in [0.2, 0.25) is 6.17 Å². The monoisotopic (exact) mass is 386 g/mol. The average molecular weight is 387 g/mol. The second-order valence-electron chi connectivity index (χ2n) is 4.96. The van der Waals surface area contributed by atoms with Crippen LogP contribution in [0.4, 0.5) is 8.78 Å². The molecule has 0 unspecified atom stereocenters. The van der Waals surface area contributed by atoms with Crippen LogP contribution in [0.2, 0.25) is 0 Å². The van der Waals surface area contributed by atoms with Crippen molar-refractivity contribution in [2.24, 2.45) is 0 Å². The summed E-state index contributed by atoms with van der Waals surface area (Å²) in [6.07, 6.45) is -1.91. The van der Waals surface area contributed by atoms with Gasteiger partial charge < -0.3 is 0 Å². The largest absolute Gasteiger partial charge is 0.296 e. The number of Topliss-reactive ketones (excluding diaryl/α,β-unsaturated/α-hetero) is 2. The normalized spacial score (nSPS) is 10.3. The Kier molecular flexibility index (Phi) is 6.75. The summed E-state index contributed by atoms with van der Waals surface area (Å²) in [6.45, 7) is 5.48. The number of aromatic nitrogens is 2. The number of carbonyl (C=O) groups is 2. The van der Waals surface area contributed by atoms with Gasteiger partial charge in [0.05, 0.1) is 17.1 Å². The summed E-state index contributed by atoms with van der Waals surface area (Å²) in [7, 11) is 0. The molecule has 2 rings (SSSR count). The van der Waals surface area contributed by atoms with Crippen molar-refractivity contribution in [1.82, 2.24) is 9.78 Å². The van der Waals surface area contributed by atoms with Crippen molar-refractivity contribution in [3.63, 3.8) is 0 Å². The SMILES string of the molecule is CC(=O)C(F)C(C)=O.Cc1nn(-c2cccc(Br)c2)c(C)c1F. The molecule has 0 atom stereocenters. The van der Waals surface area contributed by atoms with Gasteiger partial charge in [-0.25, -0.2) is 13.5 Å². The lowest BCUT2D eigenvalue weighted by Crippen LogP contribution is -2.19. The van der Waals surface area contributed by atoms with E-state index in [4.69, 9.17) is 0 Å². The minimum Gasteiger partial charge on any atom is -0.296 e. The third-order valence-electron chi connectivity index (χ3n) is 2.97. The molecule has 0 aliphatic carbocycles. The molecule has 0 amide bonds. The Morgan fingerprint density at radius 1 is 1.22 bits per heavy atom. The van der Waals surface area contributed by atoms with Crippen LogP contribution in [0, 0.1) is 19.7 Å². The summed E-state index contributed by atoms with van der Waals surface area (Å²) in [4.78, 5) is 20.0. The lowest BCUT2D eigenvalue weighted by Gasteiger charge is -2.03. The zero-order chi connectivity index (χ0) is 17.7. The minimum atomic E-state index is -1.91. The lowest BCUT2D eigenvalue weighted by atomic mass is 10.2. The maximum atomic E-state index is 13.4. The van der Waals surface area contributed by atoms with Crippen molar-refractivity contribution in [2.45, 2.75) is 33.9 Å². The summed E-state index contributed by atoms with van der Waals surface area (Å²) in [5, 5.41) is 4.14. The maximum Gasteiger partial charge on any atom is 0.215 e. The Balaban J connectivity index is 0.000000284. The van der Waals surface area contributed by atoms with Crippen molar-refractivity contribution in [3.05, 3.63) is 45.9 Å². The second-order valence-corrected chi connectivity index (χ2v) is 5.88. The third kappa shape index (κ3) is 5.06. The predicted molar refractivity (Wildman–Crippen MR) is 87.0 cm³/mol. The highest BCUT2D eigenvalue weighted by Gasteiger charge is 2.16. The quantitative estimate of drug-likeness (QED) is 0.751. The number of aryl methyl sites for hydroxylation is 1. The molecule has 0 spiro atoms. The molecule has 1 aromatic carbocycles. The van der Waals surface area contributed by atoms with Crippen LogP contribution in [0.15, 0.2) is 28.7 Å². The van der Waals surface area contributed by atoms with Crippen LogP contribution in [-0.2, 0) is 9.59 Å². The molecule has 4 nitrogen and oxygen atoms in total. The maximum absolute atomic E-state index is 13.4. The van der Waals surface area contributed by atoms with E-state index in [1.165, 1.54) is 0 Å². The van der Waals surface area contributed by atoms with Crippen molar-refractivity contribution in [1.29, 1.82) is 0 Å². The van der Waals surface area contributed by atoms with Crippen LogP contribution in [0.25, 0.3) is 5.69 Å². The zero-order valence-corrected chi connectivity index (χ0v) is 14.8. The fourth-order valence-corrected chi connectivity index (χ4v) is 2.16. The van der Waals surface area contributed by atoms with Gasteiger partial charge in [0.15, 0.2) is 17.4 Å². The highest BCUT2D eigenvalue weighted by Crippen LogP contribution is 2.19. The minimum absolute atomic E-state index is 0.241. The summed E-state index contributed by atoms with van der Waals surface area (Å²) >= 11 is 3.37. The molecule has 0 N–H and O–H groups in total. The Morgan fingerprint density at radius 3 is 2.13 bits per heavy atom. The molecule has 124 valence electrons. The highest BCUT2D eigenvalue weighted by molar-refractivity contribution is 9.10. The number of hydrogen-bond donors (Lipinski definition) is 0. The van der Waals surface area contributed by atoms with Gasteiger partial charge in [0.1, 0.15) is 0 Å². The molecule has 2 aromatic rings. The van der Waals surface area contributed by atoms with Crippen LogP contribution in [0.3, 0.4) is 0 Å². The average Bonchev–Trinajstić information content (AvgIpc) is 2.74. The summed E-state index contributed by atoms with van der Waals surface area (Å²) < 4.78 is 27.9. The summed E-state index contributed by atoms with van der Waals surface area (Å²) in [6, 6.07) is 7.61. The van der Waals surface area contributed by atoms with Gasteiger partial charge in [-0.1, -0.05) is 22.0 Å². The van der Waals surface area contributed by atoms with Gasteiger partial charge in [-0.15, -0.1) is 0 Å². The number of ketones is 2. The van der Waals surface area contributed by atoms with Crippen molar-refractivity contribution in [3.8, 4) is 5.69 Å². The first-order valence-electron chi connectivity index (χ1n) is 6.77. The Morgan fingerprint density at radius 2 is 1.78 bits per heavy atom. The van der Waals surface area contributed by atoms with Crippen LogP contribution >= 0.6 is 15.9 Å². The molecular weight excluding hydrogens is 370 g/mol. The first-order valence-corrected chi connectivity index (χ1v) is 7.57. The van der Waals surface area contributed by atoms with E-state index in [0.717, 1.165) is 24.0 Å². The fraction of sp³-hybridized carbons (Fsp3) is 0.312. The summed E-state index contributed by atoms with van der Waals surface area (Å²) in [5.41, 5.74) is 1.81. The number of benzene rings is 1. The summed E-state index contributed by atoms with van der Waals surface area (Å²) in [5.74, 6) is -1.69. The van der Waals surface area contributed by atoms with Crippen molar-refractivity contribution < 1.29 is 18.4 Å². The van der Waals surface area contributed by atoms with Gasteiger partial charge in [-0.2, -0.15) is 5.10 Å². The molecule has 0 aliphatic heterocycles. The molecule has 0 saturated carbocycles. The Labute approximate surface area is 141 Å². The third-order valence-corrected chi connectivity index (χ3v) is 3.46. The number of alkyl halides is 1. The smallest absolute Gasteiger partial charge is 0.215 e. The lowest BCUT2D eigenvalue weighted by molar-refractivity contribution is -0.131. The molecular formula is C16H17BrF2N2O2. The number of hydrogen-bond acceptors (Lipinski definition) is 3. The highest BCUT2D eigenvalue weighted by atomic mass is 79.9. The van der Waals surface area contributed by atoms with E-state index in [1.54, 1.807) is 18.5 Å². The Bertz CT molecular complexity index is 715. The van der Waals surface area contributed by atoms with Crippen LogP contribution in [-0.4, -0.2) is 27.5 Å². The van der Waals surface area contributed by atoms with Gasteiger partial charge in [-0.3, -0.25) is 9.59 Å². The van der Waals surface area contributed by atoms with E-state index in [9.17, 15) is 18.4 Å². The van der Waals surface area contributed by atoms with E-state index < -0.39 is 17.7 Å². The molecule has 0 radical (unpaired) electrons. The van der Waals surface area contributed by atoms with Crippen molar-refractivity contribution >= 4 is 27.5 Å². The van der Waals surface area contributed by atoms with Crippen LogP contribution in [0.5, 0.6) is 0 Å². The van der Waals surface area contributed by atoms with E-state index in [0.29, 0.717) is 11.4 Å². The van der Waals surface area contributed by atoms with E-state index in [1.807, 2.05) is 24.3 Å². The zero-order valence-electron chi connectivity index (χ0n) is 13.2. The van der Waals surface area contributed by atoms with Gasteiger partial charge in [-0.05, 0) is 45.9 Å². The molecule has 0 bridgehead atoms. The molecule has 0 fully saturated rings. The number of rotatable bonds is 3. The predicted octanol–water partition coefficient (Wildman–Crippen LogP) is 3.89. The molecule has 0 saturated heterocycles. The van der Waals surface area contributed by atoms with Crippen molar-refractivity contribution in [2.75, 3.05) is 0 Å².